The normalized spacial score (nSPS) is 17.0. The Labute approximate surface area is 108 Å². The molecule has 1 fully saturated rings. The number of nitrogens with one attached hydrogen (secondary N) is 1. The zero-order chi connectivity index (χ0) is 12.5. The molecular formula is C16H20N2. The van der Waals surface area contributed by atoms with Crippen molar-refractivity contribution in [2.75, 3.05) is 6.54 Å². The van der Waals surface area contributed by atoms with Crippen LogP contribution in [0.1, 0.15) is 30.0 Å². The highest BCUT2D eigenvalue weighted by Gasteiger charge is 2.21. The van der Waals surface area contributed by atoms with Gasteiger partial charge in [0.2, 0.25) is 0 Å². The molecule has 2 heteroatoms. The minimum Gasteiger partial charge on any atom is -0.323 e. The Balaban J connectivity index is 1.80. The van der Waals surface area contributed by atoms with Crippen LogP contribution in [0.3, 0.4) is 0 Å². The third kappa shape index (κ3) is 2.55. The molecule has 1 aliphatic carbocycles. The van der Waals surface area contributed by atoms with Crippen LogP contribution >= 0.6 is 0 Å². The highest BCUT2D eigenvalue weighted by molar-refractivity contribution is 5.83. The molecule has 0 bridgehead atoms. The fourth-order valence-electron chi connectivity index (χ4n) is 2.31. The third-order valence-electron chi connectivity index (χ3n) is 3.65. The van der Waals surface area contributed by atoms with Crippen LogP contribution in [-0.4, -0.2) is 12.6 Å². The van der Waals surface area contributed by atoms with E-state index < -0.39 is 0 Å². The molecule has 0 aliphatic heterocycles. The zero-order valence-electron chi connectivity index (χ0n) is 10.8. The SMILES string of the molecule is Cc1ccc2cc(C(N)CNC3CC3)ccc2c1. The second-order valence-electron chi connectivity index (χ2n) is 5.40. The van der Waals surface area contributed by atoms with Crippen molar-refractivity contribution < 1.29 is 0 Å². The fourth-order valence-corrected chi connectivity index (χ4v) is 2.31. The molecule has 0 heterocycles. The third-order valence-corrected chi connectivity index (χ3v) is 3.65. The second kappa shape index (κ2) is 4.71. The lowest BCUT2D eigenvalue weighted by molar-refractivity contribution is 0.595. The maximum absolute atomic E-state index is 6.23. The van der Waals surface area contributed by atoms with E-state index in [9.17, 15) is 0 Å². The van der Waals surface area contributed by atoms with E-state index in [-0.39, 0.29) is 6.04 Å². The van der Waals surface area contributed by atoms with Gasteiger partial charge in [-0.2, -0.15) is 0 Å². The first-order valence-corrected chi connectivity index (χ1v) is 6.72. The number of aryl methyl sites for hydroxylation is 1. The first-order chi connectivity index (χ1) is 8.72. The van der Waals surface area contributed by atoms with E-state index in [2.05, 4.69) is 48.6 Å². The van der Waals surface area contributed by atoms with Crippen LogP contribution in [0.15, 0.2) is 36.4 Å². The van der Waals surface area contributed by atoms with Gasteiger partial charge in [-0.3, -0.25) is 0 Å². The van der Waals surface area contributed by atoms with Crippen molar-refractivity contribution in [3.05, 3.63) is 47.5 Å². The summed E-state index contributed by atoms with van der Waals surface area (Å²) < 4.78 is 0. The molecule has 0 spiro atoms. The Bertz CT molecular complexity index is 558. The monoisotopic (exact) mass is 240 g/mol. The van der Waals surface area contributed by atoms with Crippen LogP contribution in [0.25, 0.3) is 10.8 Å². The van der Waals surface area contributed by atoms with Crippen LogP contribution in [0, 0.1) is 6.92 Å². The molecule has 94 valence electrons. The van der Waals surface area contributed by atoms with Crippen LogP contribution in [0.2, 0.25) is 0 Å². The van der Waals surface area contributed by atoms with Gasteiger partial charge in [-0.05, 0) is 42.2 Å². The van der Waals surface area contributed by atoms with E-state index in [1.807, 2.05) is 0 Å². The van der Waals surface area contributed by atoms with Crippen molar-refractivity contribution in [2.24, 2.45) is 5.73 Å². The molecule has 2 nitrogen and oxygen atoms in total. The highest BCUT2D eigenvalue weighted by atomic mass is 15.0. The quantitative estimate of drug-likeness (QED) is 0.862. The van der Waals surface area contributed by atoms with Crippen molar-refractivity contribution >= 4 is 10.8 Å². The van der Waals surface area contributed by atoms with Gasteiger partial charge in [-0.25, -0.2) is 0 Å². The molecule has 0 aromatic heterocycles. The lowest BCUT2D eigenvalue weighted by atomic mass is 10.0. The summed E-state index contributed by atoms with van der Waals surface area (Å²) >= 11 is 0. The molecule has 2 aromatic carbocycles. The van der Waals surface area contributed by atoms with Gasteiger partial charge in [0.25, 0.3) is 0 Å². The minimum atomic E-state index is 0.0938. The summed E-state index contributed by atoms with van der Waals surface area (Å²) in [5, 5.41) is 6.06. The molecule has 3 rings (SSSR count). The molecule has 1 aliphatic rings. The first-order valence-electron chi connectivity index (χ1n) is 6.72. The summed E-state index contributed by atoms with van der Waals surface area (Å²) in [6.45, 7) is 3.00. The van der Waals surface area contributed by atoms with E-state index in [0.717, 1.165) is 12.6 Å². The number of hydrogen-bond donors (Lipinski definition) is 2. The van der Waals surface area contributed by atoms with Crippen molar-refractivity contribution in [2.45, 2.75) is 31.8 Å². The van der Waals surface area contributed by atoms with Gasteiger partial charge >= 0.3 is 0 Å². The lowest BCUT2D eigenvalue weighted by Gasteiger charge is -2.13. The Morgan fingerprint density at radius 2 is 1.89 bits per heavy atom. The van der Waals surface area contributed by atoms with Crippen LogP contribution in [0.4, 0.5) is 0 Å². The Morgan fingerprint density at radius 1 is 1.17 bits per heavy atom. The number of fused-ring (bicyclic) bond motifs is 1. The van der Waals surface area contributed by atoms with E-state index in [0.29, 0.717) is 0 Å². The van der Waals surface area contributed by atoms with Crippen molar-refractivity contribution in [3.8, 4) is 0 Å². The Morgan fingerprint density at radius 3 is 2.67 bits per heavy atom. The van der Waals surface area contributed by atoms with Crippen molar-refractivity contribution in [1.29, 1.82) is 0 Å². The zero-order valence-corrected chi connectivity index (χ0v) is 10.8. The van der Waals surface area contributed by atoms with Crippen molar-refractivity contribution in [3.63, 3.8) is 0 Å². The lowest BCUT2D eigenvalue weighted by Crippen LogP contribution is -2.28. The van der Waals surface area contributed by atoms with Gasteiger partial charge in [0.15, 0.2) is 0 Å². The first kappa shape index (κ1) is 11.7. The summed E-state index contributed by atoms with van der Waals surface area (Å²) in [6.07, 6.45) is 2.62. The average molecular weight is 240 g/mol. The number of hydrogen-bond acceptors (Lipinski definition) is 2. The molecule has 0 amide bonds. The van der Waals surface area contributed by atoms with Gasteiger partial charge in [0.05, 0.1) is 0 Å². The van der Waals surface area contributed by atoms with Crippen LogP contribution < -0.4 is 11.1 Å². The standard InChI is InChI=1S/C16H20N2/c1-11-2-3-13-9-14(5-4-12(13)8-11)16(17)10-18-15-6-7-15/h2-5,8-9,15-16,18H,6-7,10,17H2,1H3. The number of nitrogens with two attached hydrogens (primary N) is 1. The number of rotatable bonds is 4. The largest absolute Gasteiger partial charge is 0.323 e. The maximum atomic E-state index is 6.23. The topological polar surface area (TPSA) is 38.0 Å². The molecule has 0 saturated heterocycles. The predicted molar refractivity (Wildman–Crippen MR) is 76.6 cm³/mol. The van der Waals surface area contributed by atoms with Gasteiger partial charge in [0, 0.05) is 18.6 Å². The molecule has 1 unspecified atom stereocenters. The Kier molecular flexibility index (Phi) is 3.06. The van der Waals surface area contributed by atoms with E-state index in [1.165, 1.54) is 34.7 Å². The molecule has 1 atom stereocenters. The smallest absolute Gasteiger partial charge is 0.0422 e. The highest BCUT2D eigenvalue weighted by Crippen LogP contribution is 2.22. The number of benzene rings is 2. The molecule has 0 radical (unpaired) electrons. The average Bonchev–Trinajstić information content (AvgIpc) is 3.19. The van der Waals surface area contributed by atoms with Crippen molar-refractivity contribution in [1.82, 2.24) is 5.32 Å². The summed E-state index contributed by atoms with van der Waals surface area (Å²) in [6, 6.07) is 13.9. The summed E-state index contributed by atoms with van der Waals surface area (Å²) in [5.41, 5.74) is 8.75. The predicted octanol–water partition coefficient (Wildman–Crippen LogP) is 2.90. The van der Waals surface area contributed by atoms with E-state index >= 15 is 0 Å². The molecule has 18 heavy (non-hydrogen) atoms. The van der Waals surface area contributed by atoms with Crippen LogP contribution in [-0.2, 0) is 0 Å². The fraction of sp³-hybridized carbons (Fsp3) is 0.375. The summed E-state index contributed by atoms with van der Waals surface area (Å²) in [5.74, 6) is 0. The molecular weight excluding hydrogens is 220 g/mol. The van der Waals surface area contributed by atoms with E-state index in [4.69, 9.17) is 5.73 Å². The van der Waals surface area contributed by atoms with Gasteiger partial charge in [0.1, 0.15) is 0 Å². The van der Waals surface area contributed by atoms with Crippen LogP contribution in [0.5, 0.6) is 0 Å². The van der Waals surface area contributed by atoms with Gasteiger partial charge in [-0.15, -0.1) is 0 Å². The molecule has 1 saturated carbocycles. The Hall–Kier alpha value is -1.38. The minimum absolute atomic E-state index is 0.0938. The van der Waals surface area contributed by atoms with E-state index in [1.54, 1.807) is 0 Å². The maximum Gasteiger partial charge on any atom is 0.0422 e. The van der Waals surface area contributed by atoms with Gasteiger partial charge < -0.3 is 11.1 Å². The van der Waals surface area contributed by atoms with Gasteiger partial charge in [-0.1, -0.05) is 35.9 Å². The molecule has 3 N–H and O–H groups in total. The summed E-state index contributed by atoms with van der Waals surface area (Å²) in [4.78, 5) is 0. The second-order valence-corrected chi connectivity index (χ2v) is 5.40. The molecule has 2 aromatic rings. The summed E-state index contributed by atoms with van der Waals surface area (Å²) in [7, 11) is 0.